The second-order valence-electron chi connectivity index (χ2n) is 6.89. The van der Waals surface area contributed by atoms with E-state index >= 15 is 0 Å². The number of aromatic nitrogens is 2. The highest BCUT2D eigenvalue weighted by atomic mass is 19.4. The molecule has 152 valence electrons. The molecule has 2 saturated heterocycles. The highest BCUT2D eigenvalue weighted by Crippen LogP contribution is 2.33. The standard InChI is InChI=1S/C14H22N4O2.C2HF3O2/c1-16(2)14(19)12-4-11-8-18(9-13(12)20-11)7-10-5-15-17(3)6-10;3-2(4,5)1(6)7/h5-6,11-13H,4,7-9H2,1-3H3;(H,6,7). The van der Waals surface area contributed by atoms with Crippen molar-refractivity contribution in [3.63, 3.8) is 0 Å². The number of amides is 1. The van der Waals surface area contributed by atoms with E-state index in [0.717, 1.165) is 26.1 Å². The minimum Gasteiger partial charge on any atom is -0.475 e. The van der Waals surface area contributed by atoms with Gasteiger partial charge in [-0.25, -0.2) is 4.79 Å². The molecule has 3 heterocycles. The number of rotatable bonds is 3. The maximum absolute atomic E-state index is 12.2. The zero-order valence-electron chi connectivity index (χ0n) is 15.3. The molecule has 1 N–H and O–H groups in total. The maximum Gasteiger partial charge on any atom is 0.490 e. The molecule has 0 aliphatic carbocycles. The fourth-order valence-electron chi connectivity index (χ4n) is 3.27. The Bertz CT molecular complexity index is 677. The van der Waals surface area contributed by atoms with Crippen molar-refractivity contribution in [1.82, 2.24) is 19.6 Å². The first-order valence-corrected chi connectivity index (χ1v) is 8.34. The van der Waals surface area contributed by atoms with Crippen LogP contribution in [0.2, 0.25) is 0 Å². The molecular formula is C16H23F3N4O4. The number of nitrogens with zero attached hydrogens (tertiary/aromatic N) is 4. The third kappa shape index (κ3) is 5.67. The molecule has 0 radical (unpaired) electrons. The van der Waals surface area contributed by atoms with Gasteiger partial charge in [-0.2, -0.15) is 18.3 Å². The summed E-state index contributed by atoms with van der Waals surface area (Å²) in [4.78, 5) is 25.1. The summed E-state index contributed by atoms with van der Waals surface area (Å²) in [6.07, 6.45) is -0.0511. The van der Waals surface area contributed by atoms with Crippen molar-refractivity contribution in [2.75, 3.05) is 27.2 Å². The molecule has 0 spiro atoms. The Morgan fingerprint density at radius 2 is 2.00 bits per heavy atom. The number of hydrogen-bond acceptors (Lipinski definition) is 5. The first-order chi connectivity index (χ1) is 12.5. The van der Waals surface area contributed by atoms with Crippen LogP contribution in [0.5, 0.6) is 0 Å². The van der Waals surface area contributed by atoms with E-state index < -0.39 is 12.1 Å². The zero-order valence-corrected chi connectivity index (χ0v) is 15.3. The molecule has 27 heavy (non-hydrogen) atoms. The summed E-state index contributed by atoms with van der Waals surface area (Å²) < 4.78 is 39.5. The summed E-state index contributed by atoms with van der Waals surface area (Å²) in [7, 11) is 5.56. The van der Waals surface area contributed by atoms with Crippen LogP contribution in [0.1, 0.15) is 12.0 Å². The van der Waals surface area contributed by atoms with Crippen LogP contribution in [-0.4, -0.2) is 82.1 Å². The fourth-order valence-corrected chi connectivity index (χ4v) is 3.27. The molecule has 2 aliphatic rings. The number of hydrogen-bond donors (Lipinski definition) is 1. The largest absolute Gasteiger partial charge is 0.490 e. The molecule has 1 aromatic rings. The van der Waals surface area contributed by atoms with Gasteiger partial charge in [0.15, 0.2) is 0 Å². The number of aliphatic carboxylic acids is 1. The SMILES string of the molecule is CN(C)C(=O)C1CC2CN(Cc3cnn(C)c3)CC1O2.O=C(O)C(F)(F)F. The van der Waals surface area contributed by atoms with Crippen LogP contribution < -0.4 is 0 Å². The third-order valence-corrected chi connectivity index (χ3v) is 4.40. The van der Waals surface area contributed by atoms with Crippen LogP contribution in [0.15, 0.2) is 12.4 Å². The summed E-state index contributed by atoms with van der Waals surface area (Å²) in [5, 5.41) is 11.3. The number of halogens is 3. The smallest absolute Gasteiger partial charge is 0.475 e. The second-order valence-corrected chi connectivity index (χ2v) is 6.89. The molecule has 3 rings (SSSR count). The predicted molar refractivity (Wildman–Crippen MR) is 87.6 cm³/mol. The number of fused-ring (bicyclic) bond motifs is 2. The topological polar surface area (TPSA) is 87.9 Å². The molecule has 3 unspecified atom stereocenters. The average Bonchev–Trinajstić information content (AvgIpc) is 3.08. The Labute approximate surface area is 154 Å². The van der Waals surface area contributed by atoms with Crippen molar-refractivity contribution in [3.05, 3.63) is 18.0 Å². The summed E-state index contributed by atoms with van der Waals surface area (Å²) in [5.41, 5.74) is 1.21. The number of carboxylic acid groups (broad SMARTS) is 1. The van der Waals surface area contributed by atoms with Crippen LogP contribution >= 0.6 is 0 Å². The van der Waals surface area contributed by atoms with Crippen molar-refractivity contribution < 1.29 is 32.6 Å². The predicted octanol–water partition coefficient (Wildman–Crippen LogP) is 0.731. The number of likely N-dealkylation sites (tertiary alicyclic amines) is 1. The van der Waals surface area contributed by atoms with E-state index in [2.05, 4.69) is 10.00 Å². The van der Waals surface area contributed by atoms with E-state index in [1.807, 2.05) is 38.2 Å². The Balaban J connectivity index is 0.000000321. The number of carbonyl (C=O) groups is 2. The van der Waals surface area contributed by atoms with Gasteiger partial charge in [0.25, 0.3) is 0 Å². The lowest BCUT2D eigenvalue weighted by Crippen LogP contribution is -2.44. The number of alkyl halides is 3. The first-order valence-electron chi connectivity index (χ1n) is 8.34. The van der Waals surface area contributed by atoms with Crippen molar-refractivity contribution >= 4 is 11.9 Å². The quantitative estimate of drug-likeness (QED) is 0.816. The van der Waals surface area contributed by atoms with Crippen LogP contribution in [0.4, 0.5) is 13.2 Å². The first kappa shape index (κ1) is 21.2. The van der Waals surface area contributed by atoms with Gasteiger partial charge in [0.2, 0.25) is 5.91 Å². The van der Waals surface area contributed by atoms with Crippen molar-refractivity contribution in [3.8, 4) is 0 Å². The highest BCUT2D eigenvalue weighted by Gasteiger charge is 2.45. The van der Waals surface area contributed by atoms with Gasteiger partial charge in [-0.15, -0.1) is 0 Å². The monoisotopic (exact) mass is 392 g/mol. The Hall–Kier alpha value is -2.14. The number of aryl methyl sites for hydroxylation is 1. The zero-order chi connectivity index (χ0) is 20.4. The average molecular weight is 392 g/mol. The van der Waals surface area contributed by atoms with Crippen molar-refractivity contribution in [2.45, 2.75) is 31.3 Å². The molecule has 0 aromatic carbocycles. The number of ether oxygens (including phenoxy) is 1. The van der Waals surface area contributed by atoms with Gasteiger partial charge < -0.3 is 14.7 Å². The van der Waals surface area contributed by atoms with Crippen LogP contribution in [-0.2, 0) is 27.9 Å². The van der Waals surface area contributed by atoms with Gasteiger partial charge in [-0.05, 0) is 6.42 Å². The van der Waals surface area contributed by atoms with Gasteiger partial charge >= 0.3 is 12.1 Å². The van der Waals surface area contributed by atoms with E-state index in [1.165, 1.54) is 5.56 Å². The molecule has 2 fully saturated rings. The lowest BCUT2D eigenvalue weighted by molar-refractivity contribution is -0.192. The molecule has 2 bridgehead atoms. The third-order valence-electron chi connectivity index (χ3n) is 4.40. The van der Waals surface area contributed by atoms with Gasteiger partial charge in [0, 0.05) is 52.5 Å². The molecule has 2 aliphatic heterocycles. The van der Waals surface area contributed by atoms with Gasteiger partial charge in [-0.3, -0.25) is 14.4 Å². The minimum atomic E-state index is -5.08. The lowest BCUT2D eigenvalue weighted by Gasteiger charge is -2.32. The summed E-state index contributed by atoms with van der Waals surface area (Å²) >= 11 is 0. The lowest BCUT2D eigenvalue weighted by atomic mass is 9.99. The molecule has 3 atom stereocenters. The molecular weight excluding hydrogens is 369 g/mol. The number of carboxylic acids is 1. The highest BCUT2D eigenvalue weighted by molar-refractivity contribution is 5.79. The molecule has 8 nitrogen and oxygen atoms in total. The number of carbonyl (C=O) groups excluding carboxylic acids is 1. The number of morpholine rings is 1. The van der Waals surface area contributed by atoms with Crippen LogP contribution in [0.3, 0.4) is 0 Å². The molecule has 0 saturated carbocycles. The Kier molecular flexibility index (Phi) is 6.47. The normalized spacial score (nSPS) is 24.9. The summed E-state index contributed by atoms with van der Waals surface area (Å²) in [6.45, 7) is 2.62. The van der Waals surface area contributed by atoms with Crippen LogP contribution in [0, 0.1) is 5.92 Å². The van der Waals surface area contributed by atoms with E-state index in [9.17, 15) is 18.0 Å². The fraction of sp³-hybridized carbons (Fsp3) is 0.688. The molecule has 1 aromatic heterocycles. The minimum absolute atomic E-state index is 0.0221. The van der Waals surface area contributed by atoms with Gasteiger partial charge in [0.1, 0.15) is 0 Å². The van der Waals surface area contributed by atoms with Gasteiger partial charge in [0.05, 0.1) is 24.3 Å². The van der Waals surface area contributed by atoms with Crippen molar-refractivity contribution in [2.24, 2.45) is 13.0 Å². The second kappa shape index (κ2) is 8.26. The molecule has 11 heteroatoms. The Morgan fingerprint density at radius 1 is 1.37 bits per heavy atom. The van der Waals surface area contributed by atoms with Crippen LogP contribution in [0.25, 0.3) is 0 Å². The van der Waals surface area contributed by atoms with E-state index in [4.69, 9.17) is 14.6 Å². The maximum atomic E-state index is 12.2. The van der Waals surface area contributed by atoms with E-state index in [-0.39, 0.29) is 24.0 Å². The van der Waals surface area contributed by atoms with Crippen molar-refractivity contribution in [1.29, 1.82) is 0 Å². The molecule has 1 amide bonds. The van der Waals surface area contributed by atoms with Gasteiger partial charge in [-0.1, -0.05) is 0 Å². The summed E-state index contributed by atoms with van der Waals surface area (Å²) in [5.74, 6) is -2.54. The summed E-state index contributed by atoms with van der Waals surface area (Å²) in [6, 6.07) is 0. The Morgan fingerprint density at radius 3 is 2.48 bits per heavy atom. The van der Waals surface area contributed by atoms with E-state index in [0.29, 0.717) is 0 Å². The van der Waals surface area contributed by atoms with E-state index in [1.54, 1.807) is 4.90 Å².